The lowest BCUT2D eigenvalue weighted by Gasteiger charge is -2.11. The highest BCUT2D eigenvalue weighted by atomic mass is 32.2. The van der Waals surface area contributed by atoms with Gasteiger partial charge >= 0.3 is 5.97 Å². The van der Waals surface area contributed by atoms with Gasteiger partial charge in [-0.25, -0.2) is 17.5 Å². The Balaban J connectivity index is 2.02. The SMILES string of the molecule is CCOC(=O)c1ccc2c(c1)sc(=NC(=O)c1ccc(S(=O)(=O)N(C)C)cc1)n2CCOC. The molecule has 3 aromatic rings. The van der Waals surface area contributed by atoms with Crippen LogP contribution < -0.4 is 4.80 Å². The summed E-state index contributed by atoms with van der Waals surface area (Å²) in [5.74, 6) is -0.925. The number of amides is 1. The van der Waals surface area contributed by atoms with Gasteiger partial charge in [0, 0.05) is 33.3 Å². The van der Waals surface area contributed by atoms with E-state index in [2.05, 4.69) is 4.99 Å². The maximum absolute atomic E-state index is 12.8. The maximum Gasteiger partial charge on any atom is 0.338 e. The molecule has 0 N–H and O–H groups in total. The Kier molecular flexibility index (Phi) is 7.80. The molecule has 0 fully saturated rings. The molecule has 0 aliphatic rings. The van der Waals surface area contributed by atoms with Crippen molar-refractivity contribution in [1.29, 1.82) is 0 Å². The van der Waals surface area contributed by atoms with E-state index in [0.29, 0.717) is 23.5 Å². The Hall–Kier alpha value is -2.86. The predicted octanol–water partition coefficient (Wildman–Crippen LogP) is 2.52. The zero-order chi connectivity index (χ0) is 24.2. The molecule has 0 saturated carbocycles. The number of ether oxygens (including phenoxy) is 2. The van der Waals surface area contributed by atoms with Crippen LogP contribution in [0, 0.1) is 0 Å². The molecule has 11 heteroatoms. The number of rotatable bonds is 8. The van der Waals surface area contributed by atoms with E-state index in [1.807, 2.05) is 4.57 Å². The van der Waals surface area contributed by atoms with Crippen molar-refractivity contribution in [1.82, 2.24) is 8.87 Å². The van der Waals surface area contributed by atoms with Crippen LogP contribution >= 0.6 is 11.3 Å². The van der Waals surface area contributed by atoms with Crippen molar-refractivity contribution in [2.24, 2.45) is 4.99 Å². The summed E-state index contributed by atoms with van der Waals surface area (Å²) in [6.07, 6.45) is 0. The summed E-state index contributed by atoms with van der Waals surface area (Å²) in [4.78, 5) is 29.7. The number of sulfonamides is 1. The molecule has 0 saturated heterocycles. The van der Waals surface area contributed by atoms with Crippen molar-refractivity contribution in [2.45, 2.75) is 18.4 Å². The zero-order valence-electron chi connectivity index (χ0n) is 18.8. The maximum atomic E-state index is 12.8. The Morgan fingerprint density at radius 2 is 1.76 bits per heavy atom. The highest BCUT2D eigenvalue weighted by molar-refractivity contribution is 7.89. The van der Waals surface area contributed by atoms with Crippen molar-refractivity contribution in [3.63, 3.8) is 0 Å². The minimum atomic E-state index is -3.59. The third kappa shape index (κ3) is 5.38. The van der Waals surface area contributed by atoms with Crippen LogP contribution in [0.1, 0.15) is 27.6 Å². The number of carbonyl (C=O) groups excluding carboxylic acids is 2. The molecule has 1 aromatic heterocycles. The number of hydrogen-bond acceptors (Lipinski definition) is 7. The molecule has 1 heterocycles. The monoisotopic (exact) mass is 491 g/mol. The Bertz CT molecular complexity index is 1340. The number of esters is 1. The lowest BCUT2D eigenvalue weighted by atomic mass is 10.2. The molecular formula is C22H25N3O6S2. The van der Waals surface area contributed by atoms with Crippen LogP contribution in [0.3, 0.4) is 0 Å². The van der Waals surface area contributed by atoms with Crippen LogP contribution in [0.25, 0.3) is 10.2 Å². The molecule has 0 atom stereocenters. The fourth-order valence-corrected chi connectivity index (χ4v) is 5.03. The molecule has 1 amide bonds. The van der Waals surface area contributed by atoms with Gasteiger partial charge in [0.2, 0.25) is 10.0 Å². The quantitative estimate of drug-likeness (QED) is 0.448. The molecule has 3 rings (SSSR count). The second kappa shape index (κ2) is 10.4. The highest BCUT2D eigenvalue weighted by Gasteiger charge is 2.18. The normalized spacial score (nSPS) is 12.5. The zero-order valence-corrected chi connectivity index (χ0v) is 20.4. The number of aromatic nitrogens is 1. The van der Waals surface area contributed by atoms with Gasteiger partial charge in [0.15, 0.2) is 4.80 Å². The standard InChI is InChI=1S/C22H25N3O6S2/c1-5-31-21(27)16-8-11-18-19(14-16)32-22(25(18)12-13-30-4)23-20(26)15-6-9-17(10-7-15)33(28,29)24(2)3/h6-11,14H,5,12-13H2,1-4H3. The van der Waals surface area contributed by atoms with E-state index in [-0.39, 0.29) is 17.1 Å². The van der Waals surface area contributed by atoms with Crippen molar-refractivity contribution >= 4 is 43.5 Å². The number of methoxy groups -OCH3 is 1. The smallest absolute Gasteiger partial charge is 0.338 e. The van der Waals surface area contributed by atoms with Gasteiger partial charge in [-0.05, 0) is 49.4 Å². The van der Waals surface area contributed by atoms with Crippen molar-refractivity contribution in [2.75, 3.05) is 34.4 Å². The summed E-state index contributed by atoms with van der Waals surface area (Å²) in [6.45, 7) is 2.88. The molecule has 9 nitrogen and oxygen atoms in total. The fourth-order valence-electron chi connectivity index (χ4n) is 3.03. The van der Waals surface area contributed by atoms with Gasteiger partial charge < -0.3 is 14.0 Å². The first-order valence-electron chi connectivity index (χ1n) is 10.1. The van der Waals surface area contributed by atoms with Crippen LogP contribution in [0.5, 0.6) is 0 Å². The van der Waals surface area contributed by atoms with Crippen molar-refractivity contribution in [3.05, 3.63) is 58.4 Å². The number of hydrogen-bond donors (Lipinski definition) is 0. The van der Waals surface area contributed by atoms with E-state index in [4.69, 9.17) is 9.47 Å². The summed E-state index contributed by atoms with van der Waals surface area (Å²) in [5.41, 5.74) is 1.49. The molecule has 33 heavy (non-hydrogen) atoms. The first-order valence-corrected chi connectivity index (χ1v) is 12.4. The van der Waals surface area contributed by atoms with Gasteiger partial charge in [-0.3, -0.25) is 4.79 Å². The largest absolute Gasteiger partial charge is 0.462 e. The average molecular weight is 492 g/mol. The van der Waals surface area contributed by atoms with Gasteiger partial charge in [0.25, 0.3) is 5.91 Å². The molecule has 0 radical (unpaired) electrons. The highest BCUT2D eigenvalue weighted by Crippen LogP contribution is 2.20. The predicted molar refractivity (Wildman–Crippen MR) is 125 cm³/mol. The Labute approximate surface area is 195 Å². The molecule has 0 aliphatic heterocycles. The summed E-state index contributed by atoms with van der Waals surface area (Å²) in [6, 6.07) is 10.8. The van der Waals surface area contributed by atoms with E-state index in [0.717, 1.165) is 14.5 Å². The van der Waals surface area contributed by atoms with E-state index in [9.17, 15) is 18.0 Å². The van der Waals surface area contributed by atoms with E-state index < -0.39 is 21.9 Å². The summed E-state index contributed by atoms with van der Waals surface area (Å²) < 4.78 is 38.5. The van der Waals surface area contributed by atoms with Crippen LogP contribution in [0.2, 0.25) is 0 Å². The van der Waals surface area contributed by atoms with E-state index >= 15 is 0 Å². The van der Waals surface area contributed by atoms with E-state index in [1.165, 1.54) is 49.7 Å². The van der Waals surface area contributed by atoms with E-state index in [1.54, 1.807) is 32.2 Å². The van der Waals surface area contributed by atoms with Gasteiger partial charge in [-0.1, -0.05) is 11.3 Å². The van der Waals surface area contributed by atoms with Gasteiger partial charge in [0.05, 0.1) is 33.9 Å². The Morgan fingerprint density at radius 3 is 2.36 bits per heavy atom. The fraction of sp³-hybridized carbons (Fsp3) is 0.318. The summed E-state index contributed by atoms with van der Waals surface area (Å²) in [5, 5.41) is 0. The molecule has 176 valence electrons. The molecule has 2 aromatic carbocycles. The number of thiazole rings is 1. The molecule has 0 bridgehead atoms. The lowest BCUT2D eigenvalue weighted by molar-refractivity contribution is 0.0526. The summed E-state index contributed by atoms with van der Waals surface area (Å²) >= 11 is 1.27. The minimum absolute atomic E-state index is 0.0903. The summed E-state index contributed by atoms with van der Waals surface area (Å²) in [7, 11) is 0.876. The van der Waals surface area contributed by atoms with Crippen LogP contribution in [-0.2, 0) is 26.0 Å². The van der Waals surface area contributed by atoms with Gasteiger partial charge in [0.1, 0.15) is 0 Å². The second-order valence-corrected chi connectivity index (χ2v) is 10.3. The van der Waals surface area contributed by atoms with Crippen molar-refractivity contribution < 1.29 is 27.5 Å². The lowest BCUT2D eigenvalue weighted by Crippen LogP contribution is -2.22. The average Bonchev–Trinajstić information content (AvgIpc) is 3.13. The van der Waals surface area contributed by atoms with Gasteiger partial charge in [-0.15, -0.1) is 0 Å². The molecule has 0 aliphatic carbocycles. The topological polar surface area (TPSA) is 107 Å². The first-order chi connectivity index (χ1) is 15.7. The van der Waals surface area contributed by atoms with Crippen LogP contribution in [-0.4, -0.2) is 63.6 Å². The molecular weight excluding hydrogens is 466 g/mol. The third-order valence-corrected chi connectivity index (χ3v) is 7.66. The van der Waals surface area contributed by atoms with Gasteiger partial charge in [-0.2, -0.15) is 4.99 Å². The number of benzene rings is 2. The number of nitrogens with zero attached hydrogens (tertiary/aromatic N) is 3. The van der Waals surface area contributed by atoms with Crippen LogP contribution in [0.4, 0.5) is 0 Å². The third-order valence-electron chi connectivity index (χ3n) is 4.79. The van der Waals surface area contributed by atoms with Crippen LogP contribution in [0.15, 0.2) is 52.4 Å². The number of fused-ring (bicyclic) bond motifs is 1. The first kappa shape index (κ1) is 24.8. The second-order valence-electron chi connectivity index (χ2n) is 7.16. The molecule has 0 unspecified atom stereocenters. The Morgan fingerprint density at radius 1 is 1.09 bits per heavy atom. The van der Waals surface area contributed by atoms with Crippen molar-refractivity contribution in [3.8, 4) is 0 Å². The minimum Gasteiger partial charge on any atom is -0.462 e. The molecule has 0 spiro atoms. The number of carbonyl (C=O) groups is 2.